The maximum Gasteiger partial charge on any atom is 0.341 e. The maximum absolute atomic E-state index is 12.6. The van der Waals surface area contributed by atoms with Crippen molar-refractivity contribution in [1.82, 2.24) is 0 Å². The van der Waals surface area contributed by atoms with E-state index in [4.69, 9.17) is 4.74 Å². The average Bonchev–Trinajstić information content (AvgIpc) is 2.36. The average molecular weight is 293 g/mol. The standard InChI is InChI=1S/C12H17F2NO3S/c1-12(2,18-3)8-15-9-6-4-5-7-10(9)19(16,17)11(13)14/h4-7,11,15H,8H2,1-3H3. The van der Waals surface area contributed by atoms with E-state index >= 15 is 0 Å². The largest absolute Gasteiger partial charge is 0.381 e. The topological polar surface area (TPSA) is 55.4 Å². The number of methoxy groups -OCH3 is 1. The minimum Gasteiger partial charge on any atom is -0.381 e. The third-order valence-electron chi connectivity index (χ3n) is 2.69. The van der Waals surface area contributed by atoms with Crippen LogP contribution in [-0.4, -0.2) is 33.4 Å². The van der Waals surface area contributed by atoms with Crippen molar-refractivity contribution in [1.29, 1.82) is 0 Å². The van der Waals surface area contributed by atoms with E-state index in [1.165, 1.54) is 19.2 Å². The summed E-state index contributed by atoms with van der Waals surface area (Å²) >= 11 is 0. The number of hydrogen-bond acceptors (Lipinski definition) is 4. The molecule has 0 radical (unpaired) electrons. The van der Waals surface area contributed by atoms with Gasteiger partial charge in [-0.05, 0) is 26.0 Å². The zero-order valence-corrected chi connectivity index (χ0v) is 11.8. The minimum absolute atomic E-state index is 0.146. The summed E-state index contributed by atoms with van der Waals surface area (Å²) in [7, 11) is -3.10. The van der Waals surface area contributed by atoms with E-state index in [0.717, 1.165) is 6.07 Å². The highest BCUT2D eigenvalue weighted by Crippen LogP contribution is 2.26. The molecule has 0 atom stereocenters. The van der Waals surface area contributed by atoms with Crippen LogP contribution in [0.4, 0.5) is 14.5 Å². The van der Waals surface area contributed by atoms with Gasteiger partial charge in [-0.3, -0.25) is 0 Å². The molecule has 0 heterocycles. The van der Waals surface area contributed by atoms with Gasteiger partial charge < -0.3 is 10.1 Å². The molecule has 0 fully saturated rings. The lowest BCUT2D eigenvalue weighted by Gasteiger charge is -2.24. The summed E-state index contributed by atoms with van der Waals surface area (Å²) in [5.74, 6) is -3.44. The van der Waals surface area contributed by atoms with Crippen LogP contribution in [0.5, 0.6) is 0 Å². The molecule has 4 nitrogen and oxygen atoms in total. The van der Waals surface area contributed by atoms with Gasteiger partial charge in [0.1, 0.15) is 0 Å². The fraction of sp³-hybridized carbons (Fsp3) is 0.500. The van der Waals surface area contributed by atoms with Crippen molar-refractivity contribution >= 4 is 15.5 Å². The number of benzene rings is 1. The monoisotopic (exact) mass is 293 g/mol. The van der Waals surface area contributed by atoms with Gasteiger partial charge in [-0.1, -0.05) is 12.1 Å². The maximum atomic E-state index is 12.6. The Morgan fingerprint density at radius 2 is 1.89 bits per heavy atom. The lowest BCUT2D eigenvalue weighted by atomic mass is 10.1. The number of rotatable bonds is 6. The smallest absolute Gasteiger partial charge is 0.341 e. The van der Waals surface area contributed by atoms with Gasteiger partial charge in [0, 0.05) is 13.7 Å². The second-order valence-electron chi connectivity index (χ2n) is 4.62. The van der Waals surface area contributed by atoms with Crippen molar-refractivity contribution in [3.05, 3.63) is 24.3 Å². The molecule has 0 saturated heterocycles. The third-order valence-corrected chi connectivity index (χ3v) is 4.12. The van der Waals surface area contributed by atoms with Gasteiger partial charge in [-0.25, -0.2) is 8.42 Å². The van der Waals surface area contributed by atoms with Gasteiger partial charge in [0.2, 0.25) is 9.84 Å². The summed E-state index contributed by atoms with van der Waals surface area (Å²) in [6.07, 6.45) is 0. The van der Waals surface area contributed by atoms with Gasteiger partial charge in [0.15, 0.2) is 0 Å². The molecule has 0 saturated carbocycles. The summed E-state index contributed by atoms with van der Waals surface area (Å²) in [5.41, 5.74) is -0.394. The molecule has 0 bridgehead atoms. The minimum atomic E-state index is -4.62. The number of sulfone groups is 1. The number of alkyl halides is 2. The van der Waals surface area contributed by atoms with Crippen LogP contribution in [0.15, 0.2) is 29.2 Å². The SMILES string of the molecule is COC(C)(C)CNc1ccccc1S(=O)(=O)C(F)F. The molecular weight excluding hydrogens is 276 g/mol. The Bertz CT molecular complexity index is 530. The molecule has 0 aliphatic rings. The second kappa shape index (κ2) is 5.83. The summed E-state index contributed by atoms with van der Waals surface area (Å²) in [6.45, 7) is 3.88. The fourth-order valence-corrected chi connectivity index (χ4v) is 2.24. The second-order valence-corrected chi connectivity index (χ2v) is 6.51. The normalized spacial score (nSPS) is 12.7. The number of anilines is 1. The Kier molecular flexibility index (Phi) is 4.86. The molecule has 0 aliphatic heterocycles. The first-order valence-corrected chi connectivity index (χ1v) is 7.15. The number of ether oxygens (including phenoxy) is 1. The molecule has 19 heavy (non-hydrogen) atoms. The van der Waals surface area contributed by atoms with E-state index in [0.29, 0.717) is 6.54 Å². The lowest BCUT2D eigenvalue weighted by molar-refractivity contribution is 0.0343. The highest BCUT2D eigenvalue weighted by molar-refractivity contribution is 7.91. The summed E-state index contributed by atoms with van der Waals surface area (Å²) in [6, 6.07) is 5.58. The Morgan fingerprint density at radius 1 is 1.32 bits per heavy atom. The van der Waals surface area contributed by atoms with Crippen molar-refractivity contribution < 1.29 is 21.9 Å². The van der Waals surface area contributed by atoms with E-state index in [-0.39, 0.29) is 5.69 Å². The molecule has 7 heteroatoms. The predicted octanol–water partition coefficient (Wildman–Crippen LogP) is 2.52. The van der Waals surface area contributed by atoms with Crippen molar-refractivity contribution in [2.45, 2.75) is 30.1 Å². The molecule has 0 unspecified atom stereocenters. The molecule has 108 valence electrons. The van der Waals surface area contributed by atoms with E-state index in [1.807, 2.05) is 0 Å². The van der Waals surface area contributed by atoms with Gasteiger partial charge in [0.05, 0.1) is 16.2 Å². The first kappa shape index (κ1) is 15.8. The molecule has 0 aliphatic carbocycles. The number of halogens is 2. The summed E-state index contributed by atoms with van der Waals surface area (Å²) in [5, 5.41) is 2.83. The zero-order valence-electron chi connectivity index (χ0n) is 11.0. The van der Waals surface area contributed by atoms with Gasteiger partial charge in [-0.15, -0.1) is 0 Å². The van der Waals surface area contributed by atoms with Crippen LogP contribution in [0, 0.1) is 0 Å². The molecule has 1 aromatic carbocycles. The van der Waals surface area contributed by atoms with Gasteiger partial charge in [0.25, 0.3) is 0 Å². The quantitative estimate of drug-likeness (QED) is 0.875. The third kappa shape index (κ3) is 3.87. The molecular formula is C12H17F2NO3S. The molecule has 0 amide bonds. The fourth-order valence-electron chi connectivity index (χ4n) is 1.34. The number of hydrogen-bond donors (Lipinski definition) is 1. The molecule has 0 spiro atoms. The van der Waals surface area contributed by atoms with Gasteiger partial charge >= 0.3 is 5.76 Å². The molecule has 1 aromatic rings. The first-order valence-electron chi connectivity index (χ1n) is 5.61. The van der Waals surface area contributed by atoms with Gasteiger partial charge in [-0.2, -0.15) is 8.78 Å². The molecule has 1 rings (SSSR count). The van der Waals surface area contributed by atoms with Crippen LogP contribution in [0.1, 0.15) is 13.8 Å². The first-order chi connectivity index (χ1) is 8.70. The van der Waals surface area contributed by atoms with E-state index in [9.17, 15) is 17.2 Å². The summed E-state index contributed by atoms with van der Waals surface area (Å²) < 4.78 is 53.4. The summed E-state index contributed by atoms with van der Waals surface area (Å²) in [4.78, 5) is -0.406. The van der Waals surface area contributed by atoms with Crippen LogP contribution in [0.25, 0.3) is 0 Å². The van der Waals surface area contributed by atoms with E-state index < -0.39 is 26.1 Å². The highest BCUT2D eigenvalue weighted by atomic mass is 32.2. The number of para-hydroxylation sites is 1. The van der Waals surface area contributed by atoms with Crippen molar-refractivity contribution in [2.24, 2.45) is 0 Å². The predicted molar refractivity (Wildman–Crippen MR) is 69.2 cm³/mol. The Balaban J connectivity index is 3.05. The Morgan fingerprint density at radius 3 is 2.42 bits per heavy atom. The van der Waals surface area contributed by atoms with Crippen LogP contribution < -0.4 is 5.32 Å². The van der Waals surface area contributed by atoms with Crippen molar-refractivity contribution in [3.63, 3.8) is 0 Å². The van der Waals surface area contributed by atoms with Crippen molar-refractivity contribution in [2.75, 3.05) is 19.0 Å². The van der Waals surface area contributed by atoms with E-state index in [1.54, 1.807) is 19.9 Å². The van der Waals surface area contributed by atoms with Crippen LogP contribution in [0.3, 0.4) is 0 Å². The highest BCUT2D eigenvalue weighted by Gasteiger charge is 2.29. The van der Waals surface area contributed by atoms with Crippen LogP contribution >= 0.6 is 0 Å². The zero-order chi connectivity index (χ0) is 14.7. The Labute approximate surface area is 111 Å². The van der Waals surface area contributed by atoms with Crippen LogP contribution in [0.2, 0.25) is 0 Å². The van der Waals surface area contributed by atoms with Crippen molar-refractivity contribution in [3.8, 4) is 0 Å². The van der Waals surface area contributed by atoms with E-state index in [2.05, 4.69) is 5.32 Å². The number of nitrogens with one attached hydrogen (secondary N) is 1. The molecule has 1 N–H and O–H groups in total. The molecule has 0 aromatic heterocycles. The lowest BCUT2D eigenvalue weighted by Crippen LogP contribution is -2.32. The van der Waals surface area contributed by atoms with Crippen LogP contribution in [-0.2, 0) is 14.6 Å². The Hall–Kier alpha value is -1.21.